The zero-order chi connectivity index (χ0) is 27.0. The van der Waals surface area contributed by atoms with Crippen molar-refractivity contribution in [1.29, 1.82) is 0 Å². The van der Waals surface area contributed by atoms with Crippen molar-refractivity contribution in [1.82, 2.24) is 14.5 Å². The summed E-state index contributed by atoms with van der Waals surface area (Å²) in [6, 6.07) is 21.2. The van der Waals surface area contributed by atoms with Gasteiger partial charge in [-0.2, -0.15) is 4.31 Å². The standard InChI is InChI=1S/C27H29Cl2N3O4S/c1-3-30-27(34)25(17-20-9-5-4-6-10-20)32(18-21-11-7-8-12-24(21)29)26(33)19-31(2)37(35,36)23-15-13-22(28)14-16-23/h4-16,25H,3,17-19H2,1-2H3,(H,30,34)/t25-/m0/s1. The summed E-state index contributed by atoms with van der Waals surface area (Å²) in [4.78, 5) is 28.3. The molecule has 0 aromatic heterocycles. The van der Waals surface area contributed by atoms with Crippen LogP contribution in [-0.2, 0) is 32.6 Å². The SMILES string of the molecule is CCNC(=O)[C@H](Cc1ccccc1)N(Cc1ccccc1Cl)C(=O)CN(C)S(=O)(=O)c1ccc(Cl)cc1. The van der Waals surface area contributed by atoms with Crippen LogP contribution < -0.4 is 5.32 Å². The van der Waals surface area contributed by atoms with E-state index < -0.39 is 28.5 Å². The van der Waals surface area contributed by atoms with Crippen molar-refractivity contribution < 1.29 is 18.0 Å². The molecule has 0 aliphatic carbocycles. The lowest BCUT2D eigenvalue weighted by molar-refractivity contribution is -0.141. The summed E-state index contributed by atoms with van der Waals surface area (Å²) in [5.74, 6) is -0.873. The Hall–Kier alpha value is -2.91. The molecular weight excluding hydrogens is 533 g/mol. The first kappa shape index (κ1) is 28.7. The van der Waals surface area contributed by atoms with Gasteiger partial charge >= 0.3 is 0 Å². The van der Waals surface area contributed by atoms with E-state index in [-0.39, 0.29) is 23.8 Å². The summed E-state index contributed by atoms with van der Waals surface area (Å²) in [6.45, 7) is 1.73. The van der Waals surface area contributed by atoms with Crippen molar-refractivity contribution in [3.63, 3.8) is 0 Å². The molecule has 7 nitrogen and oxygen atoms in total. The number of benzene rings is 3. The lowest BCUT2D eigenvalue weighted by Gasteiger charge is -2.32. The van der Waals surface area contributed by atoms with Crippen molar-refractivity contribution in [3.05, 3.63) is 100 Å². The molecule has 0 bridgehead atoms. The minimum absolute atomic E-state index is 0.00872. The summed E-state index contributed by atoms with van der Waals surface area (Å²) in [5.41, 5.74) is 1.50. The highest BCUT2D eigenvalue weighted by Crippen LogP contribution is 2.22. The minimum atomic E-state index is -3.98. The Morgan fingerprint density at radius 3 is 2.16 bits per heavy atom. The van der Waals surface area contributed by atoms with Crippen LogP contribution in [0.1, 0.15) is 18.1 Å². The third kappa shape index (κ3) is 7.55. The molecule has 0 unspecified atom stereocenters. The maximum Gasteiger partial charge on any atom is 0.243 e. The molecular formula is C27H29Cl2N3O4S. The van der Waals surface area contributed by atoms with Crippen LogP contribution in [0.3, 0.4) is 0 Å². The number of hydrogen-bond acceptors (Lipinski definition) is 4. The highest BCUT2D eigenvalue weighted by Gasteiger charge is 2.33. The topological polar surface area (TPSA) is 86.8 Å². The Labute approximate surface area is 228 Å². The van der Waals surface area contributed by atoms with Crippen LogP contribution in [0.5, 0.6) is 0 Å². The van der Waals surface area contributed by atoms with E-state index in [9.17, 15) is 18.0 Å². The molecule has 37 heavy (non-hydrogen) atoms. The maximum atomic E-state index is 13.7. The zero-order valence-electron chi connectivity index (χ0n) is 20.6. The molecule has 196 valence electrons. The number of carbonyl (C=O) groups excluding carboxylic acids is 2. The van der Waals surface area contributed by atoms with Crippen molar-refractivity contribution in [3.8, 4) is 0 Å². The second kappa shape index (κ2) is 13.1. The number of carbonyl (C=O) groups is 2. The molecule has 2 amide bonds. The van der Waals surface area contributed by atoms with Crippen LogP contribution in [0, 0.1) is 0 Å². The molecule has 0 saturated heterocycles. The number of hydrogen-bond donors (Lipinski definition) is 1. The van der Waals surface area contributed by atoms with Gasteiger partial charge in [0.15, 0.2) is 0 Å². The average molecular weight is 563 g/mol. The van der Waals surface area contributed by atoms with Gasteiger partial charge in [0.05, 0.1) is 11.4 Å². The predicted molar refractivity (Wildman–Crippen MR) is 146 cm³/mol. The van der Waals surface area contributed by atoms with Gasteiger partial charge in [-0.15, -0.1) is 0 Å². The molecule has 0 aliphatic heterocycles. The first-order chi connectivity index (χ1) is 17.6. The van der Waals surface area contributed by atoms with E-state index in [0.717, 1.165) is 9.87 Å². The fourth-order valence-corrected chi connectivity index (χ4v) is 5.25. The lowest BCUT2D eigenvalue weighted by Crippen LogP contribution is -2.53. The van der Waals surface area contributed by atoms with Crippen molar-refractivity contribution >= 4 is 45.0 Å². The number of likely N-dealkylation sites (N-methyl/N-ethyl adjacent to an activating group) is 2. The molecule has 1 N–H and O–H groups in total. The molecule has 3 rings (SSSR count). The number of rotatable bonds is 11. The fraction of sp³-hybridized carbons (Fsp3) is 0.259. The van der Waals surface area contributed by atoms with E-state index in [1.807, 2.05) is 30.3 Å². The van der Waals surface area contributed by atoms with Gasteiger partial charge in [0.25, 0.3) is 0 Å². The summed E-state index contributed by atoms with van der Waals surface area (Å²) in [6.07, 6.45) is 0.247. The van der Waals surface area contributed by atoms with E-state index in [2.05, 4.69) is 5.32 Å². The van der Waals surface area contributed by atoms with Crippen LogP contribution in [0.4, 0.5) is 0 Å². The van der Waals surface area contributed by atoms with E-state index >= 15 is 0 Å². The van der Waals surface area contributed by atoms with Gasteiger partial charge in [-0.05, 0) is 48.4 Å². The quantitative estimate of drug-likeness (QED) is 0.376. The van der Waals surface area contributed by atoms with Crippen LogP contribution in [0.15, 0.2) is 83.8 Å². The Morgan fingerprint density at radius 2 is 1.54 bits per heavy atom. The smallest absolute Gasteiger partial charge is 0.243 e. The van der Waals surface area contributed by atoms with Crippen LogP contribution >= 0.6 is 23.2 Å². The molecule has 0 heterocycles. The first-order valence-corrected chi connectivity index (χ1v) is 13.9. The van der Waals surface area contributed by atoms with Gasteiger partial charge in [0.1, 0.15) is 6.04 Å². The highest BCUT2D eigenvalue weighted by atomic mass is 35.5. The zero-order valence-corrected chi connectivity index (χ0v) is 22.9. The number of nitrogens with zero attached hydrogens (tertiary/aromatic N) is 2. The third-order valence-electron chi connectivity index (χ3n) is 5.80. The number of halogens is 2. The number of nitrogens with one attached hydrogen (secondary N) is 1. The molecule has 3 aromatic carbocycles. The molecule has 0 radical (unpaired) electrons. The second-order valence-electron chi connectivity index (χ2n) is 8.43. The summed E-state index contributed by atoms with van der Waals surface area (Å²) >= 11 is 12.3. The van der Waals surface area contributed by atoms with E-state index in [0.29, 0.717) is 22.2 Å². The van der Waals surface area contributed by atoms with Crippen molar-refractivity contribution in [2.45, 2.75) is 30.8 Å². The van der Waals surface area contributed by atoms with Crippen LogP contribution in [-0.4, -0.2) is 55.6 Å². The molecule has 3 aromatic rings. The Bertz CT molecular complexity index is 1320. The average Bonchev–Trinajstić information content (AvgIpc) is 2.88. The monoisotopic (exact) mass is 561 g/mol. The van der Waals surface area contributed by atoms with Crippen LogP contribution in [0.25, 0.3) is 0 Å². The Balaban J connectivity index is 1.96. The van der Waals surface area contributed by atoms with Crippen molar-refractivity contribution in [2.24, 2.45) is 0 Å². The number of amides is 2. The Kier molecular flexibility index (Phi) is 10.1. The largest absolute Gasteiger partial charge is 0.355 e. The second-order valence-corrected chi connectivity index (χ2v) is 11.3. The van der Waals surface area contributed by atoms with Crippen LogP contribution in [0.2, 0.25) is 10.0 Å². The summed E-state index contributed by atoms with van der Waals surface area (Å²) < 4.78 is 27.2. The van der Waals surface area contributed by atoms with Gasteiger partial charge in [-0.1, -0.05) is 71.7 Å². The van der Waals surface area contributed by atoms with Gasteiger partial charge < -0.3 is 10.2 Å². The van der Waals surface area contributed by atoms with Gasteiger partial charge in [0.2, 0.25) is 21.8 Å². The fourth-order valence-electron chi connectivity index (χ4n) is 3.81. The third-order valence-corrected chi connectivity index (χ3v) is 8.24. The number of sulfonamides is 1. The maximum absolute atomic E-state index is 13.7. The van der Waals surface area contributed by atoms with Gasteiger partial charge in [0, 0.05) is 36.6 Å². The first-order valence-electron chi connectivity index (χ1n) is 11.7. The van der Waals surface area contributed by atoms with E-state index in [4.69, 9.17) is 23.2 Å². The van der Waals surface area contributed by atoms with Crippen molar-refractivity contribution in [2.75, 3.05) is 20.1 Å². The molecule has 0 fully saturated rings. The summed E-state index contributed by atoms with van der Waals surface area (Å²) in [7, 11) is -2.65. The Morgan fingerprint density at radius 1 is 0.919 bits per heavy atom. The minimum Gasteiger partial charge on any atom is -0.355 e. The predicted octanol–water partition coefficient (Wildman–Crippen LogP) is 4.39. The molecule has 1 atom stereocenters. The molecule has 10 heteroatoms. The van der Waals surface area contributed by atoms with Gasteiger partial charge in [-0.3, -0.25) is 9.59 Å². The lowest BCUT2D eigenvalue weighted by atomic mass is 10.0. The van der Waals surface area contributed by atoms with Gasteiger partial charge in [-0.25, -0.2) is 8.42 Å². The molecule has 0 aliphatic rings. The summed E-state index contributed by atoms with van der Waals surface area (Å²) in [5, 5.41) is 3.65. The van der Waals surface area contributed by atoms with E-state index in [1.165, 1.54) is 36.2 Å². The highest BCUT2D eigenvalue weighted by molar-refractivity contribution is 7.89. The normalized spacial score (nSPS) is 12.2. The molecule has 0 saturated carbocycles. The molecule has 0 spiro atoms. The van der Waals surface area contributed by atoms with E-state index in [1.54, 1.807) is 31.2 Å².